The molecule has 0 saturated carbocycles. The minimum absolute atomic E-state index is 0.212. The van der Waals surface area contributed by atoms with E-state index in [0.29, 0.717) is 5.57 Å². The fraction of sp³-hybridized carbons (Fsp3) is 0.667. The maximum Gasteiger partial charge on any atom is 0.320 e. The molecule has 3 heteroatoms. The smallest absolute Gasteiger partial charge is 0.320 e. The second-order valence-electron chi connectivity index (χ2n) is 3.86. The Labute approximate surface area is 75.7 Å². The van der Waals surface area contributed by atoms with E-state index >= 15 is 0 Å². The number of hydrogen-bond acceptors (Lipinski definition) is 2. The van der Waals surface area contributed by atoms with E-state index in [1.807, 2.05) is 26.6 Å². The van der Waals surface area contributed by atoms with Crippen molar-refractivity contribution in [3.63, 3.8) is 0 Å². The van der Waals surface area contributed by atoms with Gasteiger partial charge in [-0.05, 0) is 26.1 Å². The Balaban J connectivity index is 3.97. The highest BCUT2D eigenvalue weighted by molar-refractivity contribution is 6.71. The molecule has 0 bridgehead atoms. The summed E-state index contributed by atoms with van der Waals surface area (Å²) in [4.78, 5) is 11.3. The Kier molecular flexibility index (Phi) is 4.24. The van der Waals surface area contributed by atoms with Crippen LogP contribution in [0.3, 0.4) is 0 Å². The Morgan fingerprint density at radius 2 is 1.92 bits per heavy atom. The molecule has 0 unspecified atom stereocenters. The third-order valence-corrected chi connectivity index (χ3v) is 2.04. The molecule has 0 aromatic carbocycles. The van der Waals surface area contributed by atoms with Crippen molar-refractivity contribution >= 4 is 14.3 Å². The van der Waals surface area contributed by atoms with E-state index in [0.717, 1.165) is 12.8 Å². The molecule has 12 heavy (non-hydrogen) atoms. The van der Waals surface area contributed by atoms with Crippen LogP contribution in [0.25, 0.3) is 0 Å². The van der Waals surface area contributed by atoms with Crippen molar-refractivity contribution in [2.75, 3.05) is 0 Å². The van der Waals surface area contributed by atoms with E-state index in [4.69, 9.17) is 4.43 Å². The molecule has 0 aliphatic rings. The summed E-state index contributed by atoms with van der Waals surface area (Å²) < 4.78 is 5.25. The van der Waals surface area contributed by atoms with Crippen molar-refractivity contribution in [1.82, 2.24) is 0 Å². The fourth-order valence-corrected chi connectivity index (χ4v) is 1.45. The van der Waals surface area contributed by atoms with E-state index in [2.05, 4.69) is 6.58 Å². The van der Waals surface area contributed by atoms with Crippen LogP contribution in [0.5, 0.6) is 0 Å². The van der Waals surface area contributed by atoms with Crippen LogP contribution in [0.4, 0.5) is 0 Å². The Morgan fingerprint density at radius 1 is 1.42 bits per heavy atom. The van der Waals surface area contributed by atoms with Gasteiger partial charge in [-0.3, -0.25) is 0 Å². The van der Waals surface area contributed by atoms with E-state index in [9.17, 15) is 4.79 Å². The van der Waals surface area contributed by atoms with Crippen LogP contribution in [0, 0.1) is 0 Å². The first kappa shape index (κ1) is 11.4. The minimum Gasteiger partial charge on any atom is -0.517 e. The van der Waals surface area contributed by atoms with E-state index in [1.54, 1.807) is 0 Å². The lowest BCUT2D eigenvalue weighted by Crippen LogP contribution is -2.29. The molecule has 0 saturated heterocycles. The van der Waals surface area contributed by atoms with Gasteiger partial charge >= 0.3 is 5.97 Å². The average Bonchev–Trinajstić information content (AvgIpc) is 1.84. The molecule has 0 aromatic heterocycles. The SMILES string of the molecule is C=C(CCC)C(=O)O[Si](C)(C)C. The molecule has 0 radical (unpaired) electrons. The largest absolute Gasteiger partial charge is 0.517 e. The Bertz CT molecular complexity index is 179. The molecule has 0 fully saturated rings. The summed E-state index contributed by atoms with van der Waals surface area (Å²) >= 11 is 0. The minimum atomic E-state index is -1.72. The number of carbonyl (C=O) groups is 1. The van der Waals surface area contributed by atoms with Gasteiger partial charge in [0.2, 0.25) is 8.32 Å². The normalized spacial score (nSPS) is 11.0. The average molecular weight is 186 g/mol. The van der Waals surface area contributed by atoms with Gasteiger partial charge in [0.05, 0.1) is 0 Å². The molecular formula is C9H18O2Si. The van der Waals surface area contributed by atoms with E-state index in [1.165, 1.54) is 0 Å². The molecule has 2 nitrogen and oxygen atoms in total. The maximum absolute atomic E-state index is 11.3. The molecule has 0 aromatic rings. The molecular weight excluding hydrogens is 168 g/mol. The number of hydrogen-bond donors (Lipinski definition) is 0. The molecule has 0 amide bonds. The quantitative estimate of drug-likeness (QED) is 0.498. The van der Waals surface area contributed by atoms with Crippen molar-refractivity contribution in [2.45, 2.75) is 39.4 Å². The van der Waals surface area contributed by atoms with Crippen LogP contribution in [0.2, 0.25) is 19.6 Å². The van der Waals surface area contributed by atoms with Gasteiger partial charge in [0, 0.05) is 5.57 Å². The lowest BCUT2D eigenvalue weighted by molar-refractivity contribution is -0.131. The first-order chi connectivity index (χ1) is 5.37. The monoisotopic (exact) mass is 186 g/mol. The van der Waals surface area contributed by atoms with E-state index in [-0.39, 0.29) is 5.97 Å². The third kappa shape index (κ3) is 5.13. The first-order valence-electron chi connectivity index (χ1n) is 4.28. The second-order valence-corrected chi connectivity index (χ2v) is 8.28. The summed E-state index contributed by atoms with van der Waals surface area (Å²) in [6, 6.07) is 0. The molecule has 0 N–H and O–H groups in total. The zero-order valence-corrected chi connectivity index (χ0v) is 9.44. The number of carbonyl (C=O) groups excluding carboxylic acids is 1. The second kappa shape index (κ2) is 4.45. The Hall–Kier alpha value is -0.573. The van der Waals surface area contributed by atoms with Crippen molar-refractivity contribution < 1.29 is 9.22 Å². The summed E-state index contributed by atoms with van der Waals surface area (Å²) in [7, 11) is -1.72. The fourth-order valence-electron chi connectivity index (χ4n) is 0.754. The van der Waals surface area contributed by atoms with Crippen LogP contribution in [0.15, 0.2) is 12.2 Å². The van der Waals surface area contributed by atoms with Gasteiger partial charge < -0.3 is 4.43 Å². The predicted octanol–water partition coefficient (Wildman–Crippen LogP) is 2.72. The van der Waals surface area contributed by atoms with Crippen LogP contribution in [-0.4, -0.2) is 14.3 Å². The summed E-state index contributed by atoms with van der Waals surface area (Å²) in [5.41, 5.74) is 0.597. The lowest BCUT2D eigenvalue weighted by atomic mass is 10.2. The third-order valence-electron chi connectivity index (χ3n) is 1.24. The summed E-state index contributed by atoms with van der Waals surface area (Å²) in [5, 5.41) is 0. The highest BCUT2D eigenvalue weighted by Crippen LogP contribution is 2.10. The molecule has 0 aliphatic heterocycles. The van der Waals surface area contributed by atoms with Gasteiger partial charge in [-0.15, -0.1) is 0 Å². The molecule has 0 spiro atoms. The van der Waals surface area contributed by atoms with Crippen LogP contribution in [0.1, 0.15) is 19.8 Å². The van der Waals surface area contributed by atoms with Gasteiger partial charge in [0.25, 0.3) is 0 Å². The molecule has 0 atom stereocenters. The summed E-state index contributed by atoms with van der Waals surface area (Å²) in [6.07, 6.45) is 1.68. The van der Waals surface area contributed by atoms with Crippen molar-refractivity contribution in [3.05, 3.63) is 12.2 Å². The van der Waals surface area contributed by atoms with Gasteiger partial charge in [-0.25, -0.2) is 4.79 Å². The highest BCUT2D eigenvalue weighted by Gasteiger charge is 2.20. The number of rotatable bonds is 4. The summed E-state index contributed by atoms with van der Waals surface area (Å²) in [6.45, 7) is 11.7. The molecule has 0 heterocycles. The van der Waals surface area contributed by atoms with Crippen LogP contribution in [-0.2, 0) is 9.22 Å². The van der Waals surface area contributed by atoms with Crippen molar-refractivity contribution in [1.29, 1.82) is 0 Å². The Morgan fingerprint density at radius 3 is 2.25 bits per heavy atom. The first-order valence-corrected chi connectivity index (χ1v) is 7.68. The van der Waals surface area contributed by atoms with Gasteiger partial charge in [-0.2, -0.15) is 0 Å². The molecule has 0 aliphatic carbocycles. The lowest BCUT2D eigenvalue weighted by Gasteiger charge is -2.17. The van der Waals surface area contributed by atoms with Crippen LogP contribution < -0.4 is 0 Å². The van der Waals surface area contributed by atoms with E-state index < -0.39 is 8.32 Å². The summed E-state index contributed by atoms with van der Waals surface area (Å²) in [5.74, 6) is -0.212. The van der Waals surface area contributed by atoms with Gasteiger partial charge in [0.15, 0.2) is 0 Å². The van der Waals surface area contributed by atoms with Crippen molar-refractivity contribution in [2.24, 2.45) is 0 Å². The highest BCUT2D eigenvalue weighted by atomic mass is 28.4. The standard InChI is InChI=1S/C9H18O2Si/c1-6-7-8(2)9(10)11-12(3,4)5/h2,6-7H2,1,3-5H3. The van der Waals surface area contributed by atoms with Crippen molar-refractivity contribution in [3.8, 4) is 0 Å². The maximum atomic E-state index is 11.3. The van der Waals surface area contributed by atoms with Gasteiger partial charge in [0.1, 0.15) is 0 Å². The molecule has 0 rings (SSSR count). The topological polar surface area (TPSA) is 26.3 Å². The van der Waals surface area contributed by atoms with Gasteiger partial charge in [-0.1, -0.05) is 19.9 Å². The zero-order valence-electron chi connectivity index (χ0n) is 8.44. The predicted molar refractivity (Wildman–Crippen MR) is 53.5 cm³/mol. The molecule has 70 valence electrons. The van der Waals surface area contributed by atoms with Crippen LogP contribution >= 0.6 is 0 Å². The zero-order chi connectivity index (χ0) is 9.78.